The van der Waals surface area contributed by atoms with Gasteiger partial charge in [0.25, 0.3) is 0 Å². The molecule has 2 N–H and O–H groups in total. The van der Waals surface area contributed by atoms with Crippen LogP contribution in [0, 0.1) is 0 Å². The van der Waals surface area contributed by atoms with Gasteiger partial charge in [-0.15, -0.1) is 0 Å². The van der Waals surface area contributed by atoms with Crippen molar-refractivity contribution in [2.75, 3.05) is 14.2 Å². The van der Waals surface area contributed by atoms with Gasteiger partial charge in [0.15, 0.2) is 0 Å². The average Bonchev–Trinajstić information content (AvgIpc) is 2.54. The molecule has 1 atom stereocenters. The Morgan fingerprint density at radius 3 is 2.43 bits per heavy atom. The molecule has 2 rings (SSSR count). The molecule has 0 radical (unpaired) electrons. The number of rotatable bonds is 5. The summed E-state index contributed by atoms with van der Waals surface area (Å²) in [4.78, 5) is 11.2. The first-order valence-corrected chi connectivity index (χ1v) is 6.71. The van der Waals surface area contributed by atoms with Gasteiger partial charge in [0.1, 0.15) is 5.75 Å². The predicted octanol–water partition coefficient (Wildman–Crippen LogP) is 2.93. The molecule has 0 heterocycles. The van der Waals surface area contributed by atoms with Crippen LogP contribution >= 0.6 is 0 Å². The minimum absolute atomic E-state index is 0.176. The molecule has 0 aliphatic rings. The van der Waals surface area contributed by atoms with E-state index in [4.69, 9.17) is 10.5 Å². The summed E-state index contributed by atoms with van der Waals surface area (Å²) < 4.78 is 9.85. The highest BCUT2D eigenvalue weighted by Gasteiger charge is 2.12. The number of hydrogen-bond acceptors (Lipinski definition) is 4. The maximum absolute atomic E-state index is 11.2. The van der Waals surface area contributed by atoms with Crippen LogP contribution in [0.3, 0.4) is 0 Å². The van der Waals surface area contributed by atoms with Gasteiger partial charge in [0.2, 0.25) is 0 Å². The van der Waals surface area contributed by atoms with Crippen molar-refractivity contribution in [1.29, 1.82) is 0 Å². The van der Waals surface area contributed by atoms with Crippen molar-refractivity contribution in [2.45, 2.75) is 12.5 Å². The van der Waals surface area contributed by atoms with Gasteiger partial charge in [-0.1, -0.05) is 36.4 Å². The first-order valence-electron chi connectivity index (χ1n) is 6.71. The molecule has 0 bridgehead atoms. The van der Waals surface area contributed by atoms with Crippen LogP contribution in [0.4, 0.5) is 0 Å². The second-order valence-corrected chi connectivity index (χ2v) is 4.74. The molecule has 0 fully saturated rings. The first-order chi connectivity index (χ1) is 10.1. The van der Waals surface area contributed by atoms with Crippen LogP contribution in [0.1, 0.15) is 18.0 Å². The van der Waals surface area contributed by atoms with Crippen LogP contribution < -0.4 is 10.5 Å². The van der Waals surface area contributed by atoms with Crippen molar-refractivity contribution < 1.29 is 14.3 Å². The number of benzene rings is 2. The average molecular weight is 285 g/mol. The SMILES string of the molecule is COC(=O)CC(N)c1ccc(-c2cccc(OC)c2)cc1. The molecule has 0 aromatic heterocycles. The molecule has 1 unspecified atom stereocenters. The molecule has 21 heavy (non-hydrogen) atoms. The summed E-state index contributed by atoms with van der Waals surface area (Å²) in [5.41, 5.74) is 9.04. The van der Waals surface area contributed by atoms with E-state index < -0.39 is 0 Å². The summed E-state index contributed by atoms with van der Waals surface area (Å²) in [6.45, 7) is 0. The number of carbonyl (C=O) groups is 1. The zero-order valence-corrected chi connectivity index (χ0v) is 12.2. The lowest BCUT2D eigenvalue weighted by molar-refractivity contribution is -0.141. The Hall–Kier alpha value is -2.33. The van der Waals surface area contributed by atoms with Gasteiger partial charge in [-0.2, -0.15) is 0 Å². The lowest BCUT2D eigenvalue weighted by atomic mass is 9.99. The highest BCUT2D eigenvalue weighted by Crippen LogP contribution is 2.25. The molecule has 0 saturated heterocycles. The van der Waals surface area contributed by atoms with Gasteiger partial charge < -0.3 is 15.2 Å². The molecule has 0 spiro atoms. The number of hydrogen-bond donors (Lipinski definition) is 1. The molecule has 0 aliphatic heterocycles. The van der Waals surface area contributed by atoms with E-state index in [-0.39, 0.29) is 18.4 Å². The van der Waals surface area contributed by atoms with Crippen molar-refractivity contribution in [3.05, 3.63) is 54.1 Å². The third kappa shape index (κ3) is 3.83. The van der Waals surface area contributed by atoms with Crippen LogP contribution in [0.5, 0.6) is 5.75 Å². The van der Waals surface area contributed by atoms with Gasteiger partial charge in [0, 0.05) is 6.04 Å². The third-order valence-corrected chi connectivity index (χ3v) is 3.36. The van der Waals surface area contributed by atoms with E-state index in [1.807, 2.05) is 48.5 Å². The third-order valence-electron chi connectivity index (χ3n) is 3.36. The summed E-state index contributed by atoms with van der Waals surface area (Å²) >= 11 is 0. The summed E-state index contributed by atoms with van der Waals surface area (Å²) in [5, 5.41) is 0. The summed E-state index contributed by atoms with van der Waals surface area (Å²) in [6, 6.07) is 15.3. The minimum atomic E-state index is -0.350. The molecular formula is C17H19NO3. The number of nitrogens with two attached hydrogens (primary N) is 1. The number of methoxy groups -OCH3 is 2. The van der Waals surface area contributed by atoms with E-state index in [1.54, 1.807) is 7.11 Å². The van der Waals surface area contributed by atoms with Gasteiger partial charge in [-0.25, -0.2) is 0 Å². The fourth-order valence-electron chi connectivity index (χ4n) is 2.11. The lowest BCUT2D eigenvalue weighted by Crippen LogP contribution is -2.16. The standard InChI is InChI=1S/C17H19NO3/c1-20-15-5-3-4-14(10-15)12-6-8-13(9-7-12)16(18)11-17(19)21-2/h3-10,16H,11,18H2,1-2H3. The van der Waals surface area contributed by atoms with Crippen molar-refractivity contribution >= 4 is 5.97 Å². The molecule has 2 aromatic carbocycles. The van der Waals surface area contributed by atoms with Crippen LogP contribution in [0.2, 0.25) is 0 Å². The van der Waals surface area contributed by atoms with Crippen molar-refractivity contribution in [1.82, 2.24) is 0 Å². The van der Waals surface area contributed by atoms with E-state index in [9.17, 15) is 4.79 Å². The molecule has 110 valence electrons. The van der Waals surface area contributed by atoms with E-state index in [0.717, 1.165) is 22.4 Å². The number of esters is 1. The van der Waals surface area contributed by atoms with E-state index in [2.05, 4.69) is 4.74 Å². The van der Waals surface area contributed by atoms with E-state index in [0.29, 0.717) is 0 Å². The zero-order chi connectivity index (χ0) is 15.2. The fraction of sp³-hybridized carbons (Fsp3) is 0.235. The number of carbonyl (C=O) groups excluding carboxylic acids is 1. The smallest absolute Gasteiger partial charge is 0.307 e. The largest absolute Gasteiger partial charge is 0.497 e. The Bertz CT molecular complexity index is 608. The number of ether oxygens (including phenoxy) is 2. The molecule has 0 amide bonds. The fourth-order valence-corrected chi connectivity index (χ4v) is 2.11. The normalized spacial score (nSPS) is 11.8. The topological polar surface area (TPSA) is 61.5 Å². The van der Waals surface area contributed by atoms with Crippen LogP contribution in [0.25, 0.3) is 11.1 Å². The van der Waals surface area contributed by atoms with Crippen molar-refractivity contribution in [2.24, 2.45) is 5.73 Å². The molecule has 4 heteroatoms. The maximum Gasteiger partial charge on any atom is 0.307 e. The van der Waals surface area contributed by atoms with Crippen LogP contribution in [0.15, 0.2) is 48.5 Å². The Kier molecular flexibility index (Phi) is 4.95. The molecule has 2 aromatic rings. The van der Waals surface area contributed by atoms with Crippen LogP contribution in [-0.4, -0.2) is 20.2 Å². The summed E-state index contributed by atoms with van der Waals surface area (Å²) in [5.74, 6) is 0.512. The van der Waals surface area contributed by atoms with E-state index >= 15 is 0 Å². The Balaban J connectivity index is 2.16. The summed E-state index contributed by atoms with van der Waals surface area (Å²) in [7, 11) is 3.01. The Morgan fingerprint density at radius 1 is 1.10 bits per heavy atom. The minimum Gasteiger partial charge on any atom is -0.497 e. The lowest BCUT2D eigenvalue weighted by Gasteiger charge is -2.11. The predicted molar refractivity (Wildman–Crippen MR) is 82.0 cm³/mol. The van der Waals surface area contributed by atoms with Gasteiger partial charge in [0.05, 0.1) is 20.6 Å². The monoisotopic (exact) mass is 285 g/mol. The van der Waals surface area contributed by atoms with Gasteiger partial charge in [-0.3, -0.25) is 4.79 Å². The molecule has 0 saturated carbocycles. The second-order valence-electron chi connectivity index (χ2n) is 4.74. The summed E-state index contributed by atoms with van der Waals surface area (Å²) in [6.07, 6.45) is 0.176. The van der Waals surface area contributed by atoms with Gasteiger partial charge >= 0.3 is 5.97 Å². The van der Waals surface area contributed by atoms with Crippen molar-refractivity contribution in [3.8, 4) is 16.9 Å². The van der Waals surface area contributed by atoms with Gasteiger partial charge in [-0.05, 0) is 28.8 Å². The highest BCUT2D eigenvalue weighted by atomic mass is 16.5. The van der Waals surface area contributed by atoms with Crippen molar-refractivity contribution in [3.63, 3.8) is 0 Å². The quantitative estimate of drug-likeness (QED) is 0.858. The Labute approximate surface area is 124 Å². The molecular weight excluding hydrogens is 266 g/mol. The second kappa shape index (κ2) is 6.90. The first kappa shape index (κ1) is 15.1. The zero-order valence-electron chi connectivity index (χ0n) is 12.2. The Morgan fingerprint density at radius 2 is 1.81 bits per heavy atom. The molecule has 4 nitrogen and oxygen atoms in total. The highest BCUT2D eigenvalue weighted by molar-refractivity contribution is 5.70. The molecule has 0 aliphatic carbocycles. The van der Waals surface area contributed by atoms with Crippen LogP contribution in [-0.2, 0) is 9.53 Å². The maximum atomic E-state index is 11.2. The van der Waals surface area contributed by atoms with E-state index in [1.165, 1.54) is 7.11 Å².